The molecule has 1 fully saturated rings. The van der Waals surface area contributed by atoms with E-state index in [1.54, 1.807) is 6.07 Å². The number of nitrogens with one attached hydrogen (secondary N) is 2. The smallest absolute Gasteiger partial charge is 0.421 e. The summed E-state index contributed by atoms with van der Waals surface area (Å²) in [7, 11) is 1.21. The van der Waals surface area contributed by atoms with Crippen LogP contribution in [-0.4, -0.2) is 63.0 Å². The molecule has 32 heavy (non-hydrogen) atoms. The molecule has 12 heteroatoms. The van der Waals surface area contributed by atoms with Crippen molar-refractivity contribution in [3.63, 3.8) is 0 Å². The number of imidazole rings is 1. The second-order valence-electron chi connectivity index (χ2n) is 7.72. The molecule has 0 spiro atoms. The molecule has 0 radical (unpaired) electrons. The van der Waals surface area contributed by atoms with Crippen LogP contribution in [0.2, 0.25) is 0 Å². The van der Waals surface area contributed by atoms with Gasteiger partial charge >= 0.3 is 6.18 Å². The van der Waals surface area contributed by atoms with Gasteiger partial charge in [-0.05, 0) is 26.0 Å². The number of rotatable bonds is 5. The van der Waals surface area contributed by atoms with Crippen LogP contribution < -0.4 is 15.4 Å². The largest absolute Gasteiger partial charge is 0.496 e. The van der Waals surface area contributed by atoms with E-state index in [-0.39, 0.29) is 11.7 Å². The fourth-order valence-electron chi connectivity index (χ4n) is 3.59. The third kappa shape index (κ3) is 3.95. The molecular formula is C20H22F4N6O2. The van der Waals surface area contributed by atoms with Gasteiger partial charge in [0.1, 0.15) is 17.6 Å². The summed E-state index contributed by atoms with van der Waals surface area (Å²) >= 11 is 0. The van der Waals surface area contributed by atoms with E-state index < -0.39 is 29.6 Å². The SMILES string of the molecule is COc1cc2ncc(-c3ccnc(N[C@H]4CNCC[C@@H]4F)n3)n2cc1C(C)(O)C(F)(F)F. The maximum Gasteiger partial charge on any atom is 0.421 e. The van der Waals surface area contributed by atoms with E-state index in [1.165, 1.54) is 30.0 Å². The van der Waals surface area contributed by atoms with Gasteiger partial charge < -0.3 is 20.5 Å². The molecule has 4 rings (SSSR count). The third-order valence-corrected chi connectivity index (χ3v) is 5.54. The predicted octanol–water partition coefficient (Wildman–Crippen LogP) is 2.68. The van der Waals surface area contributed by atoms with Gasteiger partial charge in [-0.2, -0.15) is 13.2 Å². The predicted molar refractivity (Wildman–Crippen MR) is 108 cm³/mol. The van der Waals surface area contributed by atoms with Crippen molar-refractivity contribution >= 4 is 11.6 Å². The van der Waals surface area contributed by atoms with Crippen LogP contribution in [0.5, 0.6) is 5.75 Å². The van der Waals surface area contributed by atoms with E-state index in [1.807, 2.05) is 0 Å². The number of methoxy groups -OCH3 is 1. The molecule has 1 unspecified atom stereocenters. The van der Waals surface area contributed by atoms with Gasteiger partial charge in [0.2, 0.25) is 5.95 Å². The first kappa shape index (κ1) is 22.2. The summed E-state index contributed by atoms with van der Waals surface area (Å²) in [6.45, 7) is 1.67. The van der Waals surface area contributed by atoms with Crippen molar-refractivity contribution in [1.29, 1.82) is 0 Å². The molecule has 1 aliphatic heterocycles. The zero-order valence-electron chi connectivity index (χ0n) is 17.3. The number of anilines is 1. The average Bonchev–Trinajstić information content (AvgIpc) is 3.17. The number of alkyl halides is 4. The summed E-state index contributed by atoms with van der Waals surface area (Å²) in [5, 5.41) is 16.3. The molecule has 0 aliphatic carbocycles. The highest BCUT2D eigenvalue weighted by molar-refractivity contribution is 5.63. The molecule has 1 aliphatic rings. The van der Waals surface area contributed by atoms with Crippen LogP contribution in [0.4, 0.5) is 23.5 Å². The number of aromatic nitrogens is 4. The van der Waals surface area contributed by atoms with Crippen LogP contribution in [0, 0.1) is 0 Å². The van der Waals surface area contributed by atoms with Crippen molar-refractivity contribution in [2.45, 2.75) is 37.3 Å². The van der Waals surface area contributed by atoms with Gasteiger partial charge in [-0.1, -0.05) is 0 Å². The molecule has 0 bridgehead atoms. The van der Waals surface area contributed by atoms with Gasteiger partial charge in [0, 0.05) is 25.0 Å². The van der Waals surface area contributed by atoms with Gasteiger partial charge in [-0.25, -0.2) is 19.3 Å². The summed E-state index contributed by atoms with van der Waals surface area (Å²) in [4.78, 5) is 12.7. The van der Waals surface area contributed by atoms with Crippen LogP contribution in [0.1, 0.15) is 18.9 Å². The molecule has 4 heterocycles. The molecule has 8 nitrogen and oxygen atoms in total. The molecule has 0 aromatic carbocycles. The topological polar surface area (TPSA) is 96.6 Å². The molecule has 3 atom stereocenters. The second-order valence-corrected chi connectivity index (χ2v) is 7.72. The Morgan fingerprint density at radius 2 is 2.09 bits per heavy atom. The van der Waals surface area contributed by atoms with Gasteiger partial charge in [-0.15, -0.1) is 0 Å². The summed E-state index contributed by atoms with van der Waals surface area (Å²) in [5.41, 5.74) is -2.61. The lowest BCUT2D eigenvalue weighted by Gasteiger charge is -2.28. The Morgan fingerprint density at radius 1 is 1.31 bits per heavy atom. The number of piperidine rings is 1. The molecular weight excluding hydrogens is 432 g/mol. The van der Waals surface area contributed by atoms with E-state index in [0.717, 1.165) is 6.20 Å². The lowest BCUT2D eigenvalue weighted by atomic mass is 9.96. The quantitative estimate of drug-likeness (QED) is 0.510. The Morgan fingerprint density at radius 3 is 2.78 bits per heavy atom. The van der Waals surface area contributed by atoms with Crippen LogP contribution >= 0.6 is 0 Å². The van der Waals surface area contributed by atoms with Gasteiger partial charge in [-0.3, -0.25) is 4.40 Å². The fourth-order valence-corrected chi connectivity index (χ4v) is 3.59. The van der Waals surface area contributed by atoms with Gasteiger partial charge in [0.05, 0.1) is 36.3 Å². The van der Waals surface area contributed by atoms with Crippen molar-refractivity contribution in [1.82, 2.24) is 24.7 Å². The maximum absolute atomic E-state index is 14.1. The highest BCUT2D eigenvalue weighted by Crippen LogP contribution is 2.43. The molecule has 3 N–H and O–H groups in total. The standard InChI is InChI=1S/C20H22F4N6O2/c1-19(31,20(22,23)24)11-10-30-15(9-27-17(30)7-16(11)32-2)13-4-6-26-18(28-13)29-14-8-25-5-3-12(14)21/h4,6-7,9-10,12,14,25,31H,3,5,8H2,1-2H3,(H,26,28,29)/t12-,14-,19?/m0/s1. The van der Waals surface area contributed by atoms with E-state index in [0.29, 0.717) is 43.5 Å². The zero-order valence-corrected chi connectivity index (χ0v) is 17.3. The van der Waals surface area contributed by atoms with E-state index in [4.69, 9.17) is 4.74 Å². The van der Waals surface area contributed by atoms with Gasteiger partial charge in [0.25, 0.3) is 0 Å². The Labute approximate surface area is 180 Å². The van der Waals surface area contributed by atoms with Crippen LogP contribution in [-0.2, 0) is 5.60 Å². The molecule has 0 amide bonds. The molecule has 3 aromatic heterocycles. The molecule has 172 valence electrons. The number of halogens is 4. The number of ether oxygens (including phenoxy) is 1. The lowest BCUT2D eigenvalue weighted by Crippen LogP contribution is -2.46. The highest BCUT2D eigenvalue weighted by Gasteiger charge is 2.53. The monoisotopic (exact) mass is 454 g/mol. The minimum Gasteiger partial charge on any atom is -0.496 e. The Hall–Kier alpha value is -2.99. The minimum absolute atomic E-state index is 0.152. The Kier molecular flexibility index (Phi) is 5.67. The molecule has 0 saturated carbocycles. The summed E-state index contributed by atoms with van der Waals surface area (Å²) < 4.78 is 61.1. The van der Waals surface area contributed by atoms with Crippen LogP contribution in [0.15, 0.2) is 30.7 Å². The Balaban J connectivity index is 1.75. The highest BCUT2D eigenvalue weighted by atomic mass is 19.4. The first-order valence-electron chi connectivity index (χ1n) is 9.91. The van der Waals surface area contributed by atoms with E-state index >= 15 is 0 Å². The van der Waals surface area contributed by atoms with Crippen molar-refractivity contribution in [3.05, 3.63) is 36.3 Å². The minimum atomic E-state index is -4.93. The summed E-state index contributed by atoms with van der Waals surface area (Å²) in [6, 6.07) is 2.37. The summed E-state index contributed by atoms with van der Waals surface area (Å²) in [6.07, 6.45) is -1.59. The third-order valence-electron chi connectivity index (χ3n) is 5.54. The fraction of sp³-hybridized carbons (Fsp3) is 0.450. The van der Waals surface area contributed by atoms with Crippen molar-refractivity contribution in [2.75, 3.05) is 25.5 Å². The lowest BCUT2D eigenvalue weighted by molar-refractivity contribution is -0.259. The second kappa shape index (κ2) is 8.17. The van der Waals surface area contributed by atoms with Gasteiger partial charge in [0.15, 0.2) is 5.60 Å². The van der Waals surface area contributed by atoms with E-state index in [2.05, 4.69) is 25.6 Å². The maximum atomic E-state index is 14.1. The number of hydrogen-bond acceptors (Lipinski definition) is 7. The molecule has 1 saturated heterocycles. The first-order chi connectivity index (χ1) is 15.1. The average molecular weight is 454 g/mol. The van der Waals surface area contributed by atoms with Crippen LogP contribution in [0.25, 0.3) is 17.0 Å². The van der Waals surface area contributed by atoms with Crippen molar-refractivity contribution < 1.29 is 27.4 Å². The number of pyridine rings is 1. The van der Waals surface area contributed by atoms with Crippen molar-refractivity contribution in [3.8, 4) is 17.1 Å². The number of nitrogens with zero attached hydrogens (tertiary/aromatic N) is 4. The number of fused-ring (bicyclic) bond motifs is 1. The summed E-state index contributed by atoms with van der Waals surface area (Å²) in [5.74, 6) is 0.0330. The first-order valence-corrected chi connectivity index (χ1v) is 9.91. The zero-order chi connectivity index (χ0) is 23.1. The van der Waals surface area contributed by atoms with E-state index in [9.17, 15) is 22.7 Å². The van der Waals surface area contributed by atoms with Crippen LogP contribution in [0.3, 0.4) is 0 Å². The normalized spacial score (nSPS) is 21.3. The number of aliphatic hydroxyl groups is 1. The Bertz CT molecular complexity index is 1120. The number of hydrogen-bond donors (Lipinski definition) is 3. The van der Waals surface area contributed by atoms with Crippen molar-refractivity contribution in [2.24, 2.45) is 0 Å². The molecule has 3 aromatic rings.